The maximum Gasteiger partial charge on any atom is 0.123 e. The summed E-state index contributed by atoms with van der Waals surface area (Å²) in [5.41, 5.74) is 7.61. The second-order valence-electron chi connectivity index (χ2n) is 5.03. The highest BCUT2D eigenvalue weighted by atomic mass is 16.5. The summed E-state index contributed by atoms with van der Waals surface area (Å²) in [5.74, 6) is 6.90. The summed E-state index contributed by atoms with van der Waals surface area (Å²) in [6.45, 7) is 1.30. The van der Waals surface area contributed by atoms with Gasteiger partial charge in [-0.05, 0) is 38.1 Å². The van der Waals surface area contributed by atoms with E-state index in [0.717, 1.165) is 23.9 Å². The number of rotatable bonds is 4. The lowest BCUT2D eigenvalue weighted by Crippen LogP contribution is -2.36. The first-order chi connectivity index (χ1) is 9.24. The maximum absolute atomic E-state index is 5.44. The van der Waals surface area contributed by atoms with Crippen LogP contribution >= 0.6 is 0 Å². The zero-order valence-electron chi connectivity index (χ0n) is 11.8. The van der Waals surface area contributed by atoms with Crippen LogP contribution in [-0.2, 0) is 6.54 Å². The Hall–Kier alpha value is -1.50. The summed E-state index contributed by atoms with van der Waals surface area (Å²) >= 11 is 0. The molecule has 2 rings (SSSR count). The van der Waals surface area contributed by atoms with Crippen LogP contribution in [0, 0.1) is 11.8 Å². The molecule has 0 amide bonds. The van der Waals surface area contributed by atoms with Crippen molar-refractivity contribution in [3.8, 4) is 17.6 Å². The number of hydrogen-bond acceptors (Lipinski definition) is 3. The van der Waals surface area contributed by atoms with Gasteiger partial charge in [0.15, 0.2) is 0 Å². The first-order valence-corrected chi connectivity index (χ1v) is 6.80. The maximum atomic E-state index is 5.44. The average molecular weight is 258 g/mol. The molecule has 0 unspecified atom stereocenters. The van der Waals surface area contributed by atoms with Crippen molar-refractivity contribution in [2.45, 2.75) is 31.8 Å². The summed E-state index contributed by atoms with van der Waals surface area (Å²) in [6, 6.07) is 6.80. The van der Waals surface area contributed by atoms with Crippen molar-refractivity contribution in [3.05, 3.63) is 29.3 Å². The first-order valence-electron chi connectivity index (χ1n) is 6.80. The third-order valence-electron chi connectivity index (χ3n) is 3.73. The van der Waals surface area contributed by atoms with E-state index in [0.29, 0.717) is 6.54 Å². The zero-order valence-corrected chi connectivity index (χ0v) is 11.8. The van der Waals surface area contributed by atoms with Gasteiger partial charge in [0, 0.05) is 23.7 Å². The monoisotopic (exact) mass is 258 g/mol. The Morgan fingerprint density at radius 3 is 2.79 bits per heavy atom. The lowest BCUT2D eigenvalue weighted by molar-refractivity contribution is 0.151. The fourth-order valence-corrected chi connectivity index (χ4v) is 2.36. The van der Waals surface area contributed by atoms with Gasteiger partial charge >= 0.3 is 0 Å². The number of ether oxygens (including phenoxy) is 1. The van der Waals surface area contributed by atoms with Crippen molar-refractivity contribution in [1.82, 2.24) is 4.90 Å². The number of methoxy groups -OCH3 is 1. The van der Waals surface area contributed by atoms with E-state index in [4.69, 9.17) is 10.5 Å². The van der Waals surface area contributed by atoms with Crippen molar-refractivity contribution in [1.29, 1.82) is 0 Å². The van der Waals surface area contributed by atoms with Crippen molar-refractivity contribution < 1.29 is 4.74 Å². The third kappa shape index (κ3) is 3.50. The molecule has 0 aromatic heterocycles. The largest absolute Gasteiger partial charge is 0.496 e. The number of benzene rings is 1. The minimum atomic E-state index is 0.392. The number of hydrogen-bond donors (Lipinski definition) is 1. The van der Waals surface area contributed by atoms with E-state index in [9.17, 15) is 0 Å². The molecule has 1 fully saturated rings. The van der Waals surface area contributed by atoms with Gasteiger partial charge in [0.2, 0.25) is 0 Å². The molecular weight excluding hydrogens is 236 g/mol. The Kier molecular flexibility index (Phi) is 4.84. The topological polar surface area (TPSA) is 38.5 Å². The average Bonchev–Trinajstić information content (AvgIpc) is 2.34. The molecule has 1 aliphatic rings. The Labute approximate surface area is 115 Å². The molecule has 3 heteroatoms. The molecule has 102 valence electrons. The molecule has 1 aromatic carbocycles. The highest BCUT2D eigenvalue weighted by Gasteiger charge is 2.22. The lowest BCUT2D eigenvalue weighted by Gasteiger charge is -2.35. The summed E-state index contributed by atoms with van der Waals surface area (Å²) in [6.07, 6.45) is 3.98. The van der Waals surface area contributed by atoms with E-state index in [1.54, 1.807) is 7.11 Å². The SMILES string of the molecule is COc1ccc(C#CCN)cc1CN(C)C1CCC1. The minimum absolute atomic E-state index is 0.392. The fourth-order valence-electron chi connectivity index (χ4n) is 2.36. The fraction of sp³-hybridized carbons (Fsp3) is 0.500. The van der Waals surface area contributed by atoms with Crippen LogP contribution in [0.25, 0.3) is 0 Å². The number of nitrogens with two attached hydrogens (primary N) is 1. The van der Waals surface area contributed by atoms with E-state index >= 15 is 0 Å². The molecule has 0 heterocycles. The molecular formula is C16H22N2O. The van der Waals surface area contributed by atoms with E-state index in [2.05, 4.69) is 29.9 Å². The van der Waals surface area contributed by atoms with Crippen LogP contribution in [-0.4, -0.2) is 31.6 Å². The van der Waals surface area contributed by atoms with Crippen LogP contribution in [0.2, 0.25) is 0 Å². The molecule has 19 heavy (non-hydrogen) atoms. The van der Waals surface area contributed by atoms with Gasteiger partial charge in [0.05, 0.1) is 13.7 Å². The molecule has 0 bridgehead atoms. The van der Waals surface area contributed by atoms with E-state index in [1.165, 1.54) is 24.8 Å². The zero-order chi connectivity index (χ0) is 13.7. The molecule has 0 radical (unpaired) electrons. The smallest absolute Gasteiger partial charge is 0.123 e. The molecule has 0 spiro atoms. The van der Waals surface area contributed by atoms with Gasteiger partial charge in [0.1, 0.15) is 5.75 Å². The Bertz CT molecular complexity index is 483. The highest BCUT2D eigenvalue weighted by Crippen LogP contribution is 2.27. The van der Waals surface area contributed by atoms with Gasteiger partial charge in [-0.2, -0.15) is 0 Å². The van der Waals surface area contributed by atoms with Gasteiger partial charge in [-0.15, -0.1) is 0 Å². The molecule has 1 aliphatic carbocycles. The molecule has 2 N–H and O–H groups in total. The standard InChI is InChI=1S/C16H22N2O/c1-18(15-6-3-7-15)12-14-11-13(5-4-10-17)8-9-16(14)19-2/h8-9,11,15H,3,6-7,10,12,17H2,1-2H3. The van der Waals surface area contributed by atoms with Crippen LogP contribution in [0.15, 0.2) is 18.2 Å². The summed E-state index contributed by atoms with van der Waals surface area (Å²) in [7, 11) is 3.90. The predicted molar refractivity (Wildman–Crippen MR) is 78.0 cm³/mol. The van der Waals surface area contributed by atoms with Crippen molar-refractivity contribution in [3.63, 3.8) is 0 Å². The predicted octanol–water partition coefficient (Wildman–Crippen LogP) is 1.99. The Morgan fingerprint density at radius 2 is 2.21 bits per heavy atom. The number of nitrogens with zero attached hydrogens (tertiary/aromatic N) is 1. The van der Waals surface area contributed by atoms with Gasteiger partial charge in [-0.25, -0.2) is 0 Å². The van der Waals surface area contributed by atoms with E-state index in [1.807, 2.05) is 12.1 Å². The van der Waals surface area contributed by atoms with Gasteiger partial charge in [-0.1, -0.05) is 18.3 Å². The highest BCUT2D eigenvalue weighted by molar-refractivity contribution is 5.44. The van der Waals surface area contributed by atoms with Crippen molar-refractivity contribution in [2.24, 2.45) is 5.73 Å². The molecule has 1 saturated carbocycles. The molecule has 0 saturated heterocycles. The second kappa shape index (κ2) is 6.60. The Balaban J connectivity index is 2.15. The molecule has 3 nitrogen and oxygen atoms in total. The van der Waals surface area contributed by atoms with Gasteiger partial charge in [-0.3, -0.25) is 4.90 Å². The summed E-state index contributed by atoms with van der Waals surface area (Å²) < 4.78 is 5.44. The second-order valence-corrected chi connectivity index (χ2v) is 5.03. The molecule has 0 atom stereocenters. The first kappa shape index (κ1) is 13.9. The van der Waals surface area contributed by atoms with Crippen molar-refractivity contribution >= 4 is 0 Å². The quantitative estimate of drug-likeness (QED) is 0.839. The molecule has 0 aliphatic heterocycles. The summed E-state index contributed by atoms with van der Waals surface area (Å²) in [4.78, 5) is 2.40. The van der Waals surface area contributed by atoms with Crippen LogP contribution in [0.1, 0.15) is 30.4 Å². The van der Waals surface area contributed by atoms with Crippen LogP contribution in [0.4, 0.5) is 0 Å². The summed E-state index contributed by atoms with van der Waals surface area (Å²) in [5, 5.41) is 0. The Morgan fingerprint density at radius 1 is 1.42 bits per heavy atom. The normalized spacial score (nSPS) is 14.7. The lowest BCUT2D eigenvalue weighted by atomic mass is 9.91. The van der Waals surface area contributed by atoms with Crippen LogP contribution in [0.3, 0.4) is 0 Å². The van der Waals surface area contributed by atoms with Crippen LogP contribution in [0.5, 0.6) is 5.75 Å². The molecule has 1 aromatic rings. The van der Waals surface area contributed by atoms with Gasteiger partial charge < -0.3 is 10.5 Å². The van der Waals surface area contributed by atoms with E-state index in [-0.39, 0.29) is 0 Å². The van der Waals surface area contributed by atoms with Gasteiger partial charge in [0.25, 0.3) is 0 Å². The minimum Gasteiger partial charge on any atom is -0.496 e. The van der Waals surface area contributed by atoms with Crippen molar-refractivity contribution in [2.75, 3.05) is 20.7 Å². The third-order valence-corrected chi connectivity index (χ3v) is 3.73. The van der Waals surface area contributed by atoms with E-state index < -0.39 is 0 Å². The van der Waals surface area contributed by atoms with Crippen LogP contribution < -0.4 is 10.5 Å².